The smallest absolute Gasteiger partial charge is 0.0809 e. The summed E-state index contributed by atoms with van der Waals surface area (Å²) >= 11 is 3.86. The summed E-state index contributed by atoms with van der Waals surface area (Å²) in [5, 5.41) is 0. The number of rotatable bonds is 3. The first kappa shape index (κ1) is 12.4. The number of hydrogen-bond donors (Lipinski definition) is 0. The zero-order chi connectivity index (χ0) is 11.7. The second-order valence-electron chi connectivity index (χ2n) is 5.95. The van der Waals surface area contributed by atoms with Gasteiger partial charge in [-0.15, -0.1) is 0 Å². The number of ether oxygens (including phenoxy) is 2. The van der Waals surface area contributed by atoms with Crippen molar-refractivity contribution in [3.63, 3.8) is 0 Å². The summed E-state index contributed by atoms with van der Waals surface area (Å²) in [6, 6.07) is 0. The van der Waals surface area contributed by atoms with Crippen LogP contribution in [0.3, 0.4) is 0 Å². The van der Waals surface area contributed by atoms with Gasteiger partial charge in [-0.25, -0.2) is 0 Å². The summed E-state index contributed by atoms with van der Waals surface area (Å²) in [5.41, 5.74) is 0.469. The molecule has 3 atom stereocenters. The molecule has 1 heterocycles. The molecule has 0 radical (unpaired) electrons. The van der Waals surface area contributed by atoms with Gasteiger partial charge in [-0.1, -0.05) is 35.2 Å². The minimum atomic E-state index is 0.380. The van der Waals surface area contributed by atoms with Crippen molar-refractivity contribution in [3.05, 3.63) is 0 Å². The first-order chi connectivity index (χ1) is 8.31. The second-order valence-corrected chi connectivity index (χ2v) is 7.06. The first-order valence-corrected chi connectivity index (χ1v) is 8.10. The molecule has 0 aromatic heterocycles. The maximum absolute atomic E-state index is 6.17. The number of alkyl halides is 1. The van der Waals surface area contributed by atoms with Gasteiger partial charge in [0.15, 0.2) is 0 Å². The van der Waals surface area contributed by atoms with Crippen LogP contribution in [0.1, 0.15) is 51.4 Å². The predicted molar refractivity (Wildman–Crippen MR) is 71.6 cm³/mol. The minimum absolute atomic E-state index is 0.380. The van der Waals surface area contributed by atoms with Crippen molar-refractivity contribution in [1.29, 1.82) is 0 Å². The zero-order valence-electron chi connectivity index (χ0n) is 10.5. The average Bonchev–Trinajstić information content (AvgIpc) is 2.88. The SMILES string of the molecule is BrC1CC(OCC2CCCO2)C12CCCCC2. The van der Waals surface area contributed by atoms with Crippen molar-refractivity contribution in [2.75, 3.05) is 13.2 Å². The van der Waals surface area contributed by atoms with Crippen LogP contribution in [0.4, 0.5) is 0 Å². The summed E-state index contributed by atoms with van der Waals surface area (Å²) in [7, 11) is 0. The first-order valence-electron chi connectivity index (χ1n) is 7.18. The maximum atomic E-state index is 6.17. The Hall–Kier alpha value is 0.400. The highest BCUT2D eigenvalue weighted by atomic mass is 79.9. The van der Waals surface area contributed by atoms with E-state index < -0.39 is 0 Å². The Labute approximate surface area is 113 Å². The monoisotopic (exact) mass is 302 g/mol. The molecule has 1 spiro atoms. The second kappa shape index (κ2) is 5.18. The summed E-state index contributed by atoms with van der Waals surface area (Å²) in [5.74, 6) is 0. The largest absolute Gasteiger partial charge is 0.376 e. The van der Waals surface area contributed by atoms with Crippen LogP contribution in [0.5, 0.6) is 0 Å². The molecule has 0 aromatic rings. The lowest BCUT2D eigenvalue weighted by Gasteiger charge is -2.55. The Morgan fingerprint density at radius 1 is 1.18 bits per heavy atom. The summed E-state index contributed by atoms with van der Waals surface area (Å²) in [6.45, 7) is 1.76. The highest BCUT2D eigenvalue weighted by Gasteiger charge is 2.54. The lowest BCUT2D eigenvalue weighted by Crippen LogP contribution is -2.56. The van der Waals surface area contributed by atoms with E-state index in [0.29, 0.717) is 22.5 Å². The molecule has 2 aliphatic carbocycles. The molecule has 98 valence electrons. The van der Waals surface area contributed by atoms with Crippen molar-refractivity contribution in [3.8, 4) is 0 Å². The van der Waals surface area contributed by atoms with Crippen LogP contribution in [-0.4, -0.2) is 30.2 Å². The van der Waals surface area contributed by atoms with Crippen molar-refractivity contribution < 1.29 is 9.47 Å². The molecule has 2 nitrogen and oxygen atoms in total. The lowest BCUT2D eigenvalue weighted by atomic mass is 9.58. The summed E-state index contributed by atoms with van der Waals surface area (Å²) in [6.07, 6.45) is 11.4. The van der Waals surface area contributed by atoms with E-state index in [1.807, 2.05) is 0 Å². The van der Waals surface area contributed by atoms with Crippen LogP contribution in [0.15, 0.2) is 0 Å². The molecular formula is C14H23BrO2. The molecule has 0 bridgehead atoms. The van der Waals surface area contributed by atoms with E-state index in [0.717, 1.165) is 13.2 Å². The molecule has 0 amide bonds. The third-order valence-electron chi connectivity index (χ3n) is 4.98. The molecule has 2 saturated carbocycles. The molecule has 0 aromatic carbocycles. The van der Waals surface area contributed by atoms with Crippen LogP contribution >= 0.6 is 15.9 Å². The molecule has 1 aliphatic heterocycles. The third kappa shape index (κ3) is 2.31. The maximum Gasteiger partial charge on any atom is 0.0809 e. The van der Waals surface area contributed by atoms with Crippen LogP contribution in [0, 0.1) is 5.41 Å². The Balaban J connectivity index is 1.52. The summed E-state index contributed by atoms with van der Waals surface area (Å²) in [4.78, 5) is 0.699. The van der Waals surface area contributed by atoms with E-state index in [1.54, 1.807) is 0 Å². The van der Waals surface area contributed by atoms with Gasteiger partial charge >= 0.3 is 0 Å². The normalized spacial score (nSPS) is 40.4. The Bertz CT molecular complexity index is 257. The zero-order valence-corrected chi connectivity index (χ0v) is 12.1. The average molecular weight is 303 g/mol. The van der Waals surface area contributed by atoms with Crippen LogP contribution in [-0.2, 0) is 9.47 Å². The molecule has 0 N–H and O–H groups in total. The van der Waals surface area contributed by atoms with Crippen molar-refractivity contribution >= 4 is 15.9 Å². The molecular weight excluding hydrogens is 280 g/mol. The van der Waals surface area contributed by atoms with Gasteiger partial charge in [-0.05, 0) is 32.1 Å². The number of halogens is 1. The van der Waals surface area contributed by atoms with Crippen LogP contribution in [0.25, 0.3) is 0 Å². The fourth-order valence-electron chi connectivity index (χ4n) is 3.78. The van der Waals surface area contributed by atoms with E-state index in [2.05, 4.69) is 15.9 Å². The van der Waals surface area contributed by atoms with Gasteiger partial charge in [-0.3, -0.25) is 0 Å². The molecule has 3 aliphatic rings. The van der Waals surface area contributed by atoms with E-state index in [9.17, 15) is 0 Å². The molecule has 3 unspecified atom stereocenters. The minimum Gasteiger partial charge on any atom is -0.376 e. The van der Waals surface area contributed by atoms with Crippen LogP contribution < -0.4 is 0 Å². The van der Waals surface area contributed by atoms with E-state index in [4.69, 9.17) is 9.47 Å². The lowest BCUT2D eigenvalue weighted by molar-refractivity contribution is -0.138. The van der Waals surface area contributed by atoms with Crippen molar-refractivity contribution in [1.82, 2.24) is 0 Å². The quantitative estimate of drug-likeness (QED) is 0.741. The van der Waals surface area contributed by atoms with Crippen molar-refractivity contribution in [2.24, 2.45) is 5.41 Å². The molecule has 3 heteroatoms. The highest BCUT2D eigenvalue weighted by molar-refractivity contribution is 9.09. The van der Waals surface area contributed by atoms with Gasteiger partial charge in [0.1, 0.15) is 0 Å². The van der Waals surface area contributed by atoms with E-state index in [-0.39, 0.29) is 0 Å². The molecule has 1 saturated heterocycles. The highest BCUT2D eigenvalue weighted by Crippen LogP contribution is 2.56. The molecule has 3 rings (SSSR count). The third-order valence-corrected chi connectivity index (χ3v) is 6.26. The van der Waals surface area contributed by atoms with Gasteiger partial charge < -0.3 is 9.47 Å². The fourth-order valence-corrected chi connectivity index (χ4v) is 4.87. The van der Waals surface area contributed by atoms with Gasteiger partial charge in [0, 0.05) is 16.8 Å². The Morgan fingerprint density at radius 2 is 2.00 bits per heavy atom. The summed E-state index contributed by atoms with van der Waals surface area (Å²) < 4.78 is 11.8. The van der Waals surface area contributed by atoms with Crippen LogP contribution in [0.2, 0.25) is 0 Å². The van der Waals surface area contributed by atoms with Gasteiger partial charge in [0.25, 0.3) is 0 Å². The van der Waals surface area contributed by atoms with Crippen molar-refractivity contribution in [2.45, 2.75) is 68.4 Å². The van der Waals surface area contributed by atoms with E-state index >= 15 is 0 Å². The van der Waals surface area contributed by atoms with Gasteiger partial charge in [0.2, 0.25) is 0 Å². The standard InChI is InChI=1S/C14H23BrO2/c15-12-9-13(14(12)6-2-1-3-7-14)17-10-11-5-4-8-16-11/h11-13H,1-10H2. The van der Waals surface area contributed by atoms with Gasteiger partial charge in [-0.2, -0.15) is 0 Å². The Kier molecular flexibility index (Phi) is 3.79. The Morgan fingerprint density at radius 3 is 2.65 bits per heavy atom. The van der Waals surface area contributed by atoms with E-state index in [1.165, 1.54) is 51.4 Å². The predicted octanol–water partition coefficient (Wildman–Crippen LogP) is 3.67. The molecule has 3 fully saturated rings. The topological polar surface area (TPSA) is 18.5 Å². The molecule has 17 heavy (non-hydrogen) atoms. The van der Waals surface area contributed by atoms with Gasteiger partial charge in [0.05, 0.1) is 18.8 Å². The fraction of sp³-hybridized carbons (Fsp3) is 1.00. The number of hydrogen-bond acceptors (Lipinski definition) is 2.